The lowest BCUT2D eigenvalue weighted by Crippen LogP contribution is -2.36. The topological polar surface area (TPSA) is 71.3 Å². The maximum Gasteiger partial charge on any atom is 0.244 e. The first-order valence-electron chi connectivity index (χ1n) is 5.29. The van der Waals surface area contributed by atoms with Gasteiger partial charge in [0, 0.05) is 12.6 Å². The van der Waals surface area contributed by atoms with E-state index in [0.29, 0.717) is 18.1 Å². The Balaban J connectivity index is 0.00000144. The van der Waals surface area contributed by atoms with Gasteiger partial charge in [-0.3, -0.25) is 0 Å². The quantitative estimate of drug-likeness (QED) is 0.865. The van der Waals surface area contributed by atoms with Gasteiger partial charge in [-0.2, -0.15) is 0 Å². The van der Waals surface area contributed by atoms with Crippen LogP contribution in [-0.4, -0.2) is 27.5 Å². The molecular weight excluding hydrogens is 264 g/mol. The lowest BCUT2D eigenvalue weighted by Gasteiger charge is -2.10. The molecule has 0 amide bonds. The number of hydrogen-bond acceptors (Lipinski definition) is 4. The van der Waals surface area contributed by atoms with Crippen LogP contribution in [0.15, 0.2) is 15.4 Å². The third-order valence-electron chi connectivity index (χ3n) is 2.67. The van der Waals surface area contributed by atoms with E-state index in [1.807, 2.05) is 0 Å². The van der Waals surface area contributed by atoms with Gasteiger partial charge in [-0.05, 0) is 32.9 Å². The highest BCUT2D eigenvalue weighted by Gasteiger charge is 2.25. The molecule has 1 fully saturated rings. The van der Waals surface area contributed by atoms with Crippen LogP contribution in [0.2, 0.25) is 0 Å². The Morgan fingerprint density at radius 2 is 2.18 bits per heavy atom. The maximum atomic E-state index is 12.0. The summed E-state index contributed by atoms with van der Waals surface area (Å²) in [5, 5.41) is 3.12. The second-order valence-electron chi connectivity index (χ2n) is 4.09. The highest BCUT2D eigenvalue weighted by Crippen LogP contribution is 2.19. The lowest BCUT2D eigenvalue weighted by atomic mass is 10.3. The van der Waals surface area contributed by atoms with E-state index in [9.17, 15) is 8.42 Å². The molecule has 2 rings (SSSR count). The van der Waals surface area contributed by atoms with Crippen molar-refractivity contribution in [2.24, 2.45) is 0 Å². The standard InChI is InChI=1S/C10H16N2O3S.ClH/c1-7-5-10(8(2)15-7)16(13,14)12-9-3-4-11-6-9;/h5,9,11-12H,3-4,6H2,1-2H3;1H. The molecule has 2 heterocycles. The Labute approximate surface area is 107 Å². The van der Waals surface area contributed by atoms with Crippen molar-refractivity contribution in [3.63, 3.8) is 0 Å². The fourth-order valence-electron chi connectivity index (χ4n) is 1.91. The van der Waals surface area contributed by atoms with E-state index in [1.54, 1.807) is 19.9 Å². The number of halogens is 1. The van der Waals surface area contributed by atoms with Gasteiger partial charge in [0.1, 0.15) is 16.4 Å². The van der Waals surface area contributed by atoms with Crippen LogP contribution in [0.4, 0.5) is 0 Å². The van der Waals surface area contributed by atoms with Crippen molar-refractivity contribution in [3.05, 3.63) is 17.6 Å². The fourth-order valence-corrected chi connectivity index (χ4v) is 3.42. The van der Waals surface area contributed by atoms with Crippen molar-refractivity contribution in [1.29, 1.82) is 0 Å². The highest BCUT2D eigenvalue weighted by atomic mass is 35.5. The molecule has 0 spiro atoms. The molecule has 1 aromatic rings. The minimum atomic E-state index is -3.44. The molecule has 0 saturated carbocycles. The summed E-state index contributed by atoms with van der Waals surface area (Å²) < 4.78 is 32.0. The summed E-state index contributed by atoms with van der Waals surface area (Å²) >= 11 is 0. The van der Waals surface area contributed by atoms with Gasteiger partial charge in [0.2, 0.25) is 10.0 Å². The molecule has 1 aliphatic rings. The summed E-state index contributed by atoms with van der Waals surface area (Å²) in [4.78, 5) is 0.247. The largest absolute Gasteiger partial charge is 0.465 e. The van der Waals surface area contributed by atoms with E-state index in [1.165, 1.54) is 0 Å². The molecular formula is C10H17ClN2O3S. The van der Waals surface area contributed by atoms with Gasteiger partial charge in [-0.25, -0.2) is 13.1 Å². The highest BCUT2D eigenvalue weighted by molar-refractivity contribution is 7.89. The van der Waals surface area contributed by atoms with Gasteiger partial charge >= 0.3 is 0 Å². The molecule has 98 valence electrons. The lowest BCUT2D eigenvalue weighted by molar-refractivity contribution is 0.494. The zero-order valence-corrected chi connectivity index (χ0v) is 11.5. The fraction of sp³-hybridized carbons (Fsp3) is 0.600. The van der Waals surface area contributed by atoms with Crippen molar-refractivity contribution in [2.75, 3.05) is 13.1 Å². The SMILES string of the molecule is Cc1cc(S(=O)(=O)NC2CCNC2)c(C)o1.Cl. The van der Waals surface area contributed by atoms with Gasteiger partial charge in [-0.1, -0.05) is 0 Å². The molecule has 0 aromatic carbocycles. The predicted molar refractivity (Wildman–Crippen MR) is 67.0 cm³/mol. The summed E-state index contributed by atoms with van der Waals surface area (Å²) in [6.45, 7) is 4.95. The van der Waals surface area contributed by atoms with Gasteiger partial charge in [0.05, 0.1) is 0 Å². The number of aryl methyl sites for hydroxylation is 2. The van der Waals surface area contributed by atoms with Crippen LogP contribution in [0.25, 0.3) is 0 Å². The molecule has 1 aliphatic heterocycles. The Bertz CT molecular complexity index is 478. The second kappa shape index (κ2) is 5.39. The molecule has 0 bridgehead atoms. The molecule has 1 atom stereocenters. The van der Waals surface area contributed by atoms with E-state index < -0.39 is 10.0 Å². The predicted octanol–water partition coefficient (Wildman–Crippen LogP) is 0.958. The molecule has 5 nitrogen and oxygen atoms in total. The van der Waals surface area contributed by atoms with Crippen LogP contribution >= 0.6 is 12.4 Å². The van der Waals surface area contributed by atoms with Crippen LogP contribution < -0.4 is 10.0 Å². The minimum Gasteiger partial charge on any atom is -0.465 e. The van der Waals surface area contributed by atoms with Gasteiger partial charge in [-0.15, -0.1) is 12.4 Å². The smallest absolute Gasteiger partial charge is 0.244 e. The third-order valence-corrected chi connectivity index (χ3v) is 4.30. The Morgan fingerprint density at radius 1 is 1.47 bits per heavy atom. The molecule has 2 N–H and O–H groups in total. The molecule has 1 aromatic heterocycles. The minimum absolute atomic E-state index is 0. The zero-order valence-electron chi connectivity index (χ0n) is 9.82. The number of sulfonamides is 1. The van der Waals surface area contributed by atoms with Crippen LogP contribution in [0.1, 0.15) is 17.9 Å². The molecule has 1 unspecified atom stereocenters. The average molecular weight is 281 g/mol. The molecule has 1 saturated heterocycles. The number of hydrogen-bond donors (Lipinski definition) is 2. The van der Waals surface area contributed by atoms with Gasteiger partial charge in [0.25, 0.3) is 0 Å². The van der Waals surface area contributed by atoms with Crippen LogP contribution in [0.5, 0.6) is 0 Å². The van der Waals surface area contributed by atoms with Gasteiger partial charge in [0.15, 0.2) is 0 Å². The van der Waals surface area contributed by atoms with Crippen LogP contribution in [0, 0.1) is 13.8 Å². The molecule has 0 radical (unpaired) electrons. The summed E-state index contributed by atoms with van der Waals surface area (Å²) in [7, 11) is -3.44. The first kappa shape index (κ1) is 14.5. The van der Waals surface area contributed by atoms with E-state index >= 15 is 0 Å². The van der Waals surface area contributed by atoms with E-state index in [-0.39, 0.29) is 23.3 Å². The first-order valence-corrected chi connectivity index (χ1v) is 6.77. The van der Waals surface area contributed by atoms with Crippen molar-refractivity contribution in [1.82, 2.24) is 10.0 Å². The number of rotatable bonds is 3. The van der Waals surface area contributed by atoms with Crippen LogP contribution in [0.3, 0.4) is 0 Å². The van der Waals surface area contributed by atoms with E-state index in [2.05, 4.69) is 10.0 Å². The van der Waals surface area contributed by atoms with Crippen LogP contribution in [-0.2, 0) is 10.0 Å². The monoisotopic (exact) mass is 280 g/mol. The van der Waals surface area contributed by atoms with Crippen molar-refractivity contribution < 1.29 is 12.8 Å². The van der Waals surface area contributed by atoms with Crippen molar-refractivity contribution in [3.8, 4) is 0 Å². The molecule has 17 heavy (non-hydrogen) atoms. The van der Waals surface area contributed by atoms with E-state index in [4.69, 9.17) is 4.42 Å². The first-order chi connectivity index (χ1) is 7.49. The zero-order chi connectivity index (χ0) is 11.8. The maximum absolute atomic E-state index is 12.0. The normalized spacial score (nSPS) is 20.2. The van der Waals surface area contributed by atoms with Crippen molar-refractivity contribution >= 4 is 22.4 Å². The van der Waals surface area contributed by atoms with E-state index in [0.717, 1.165) is 13.0 Å². The molecule has 7 heteroatoms. The average Bonchev–Trinajstić information content (AvgIpc) is 2.75. The Morgan fingerprint density at radius 3 is 2.65 bits per heavy atom. The number of furan rings is 1. The summed E-state index contributed by atoms with van der Waals surface area (Å²) in [6.07, 6.45) is 0.828. The second-order valence-corrected chi connectivity index (χ2v) is 5.77. The Kier molecular flexibility index (Phi) is 4.60. The summed E-state index contributed by atoms with van der Waals surface area (Å²) in [5.41, 5.74) is 0. The van der Waals surface area contributed by atoms with Gasteiger partial charge < -0.3 is 9.73 Å². The van der Waals surface area contributed by atoms with Crippen molar-refractivity contribution in [2.45, 2.75) is 31.2 Å². The third kappa shape index (κ3) is 3.22. The number of nitrogens with one attached hydrogen (secondary N) is 2. The summed E-state index contributed by atoms with van der Waals surface area (Å²) in [5.74, 6) is 1.05. The molecule has 0 aliphatic carbocycles. The summed E-state index contributed by atoms with van der Waals surface area (Å²) in [6, 6.07) is 1.54. The Hall–Kier alpha value is -0.560.